The van der Waals surface area contributed by atoms with E-state index in [9.17, 15) is 13.6 Å². The summed E-state index contributed by atoms with van der Waals surface area (Å²) in [6, 6.07) is 8.22. The van der Waals surface area contributed by atoms with Crippen molar-refractivity contribution in [3.05, 3.63) is 63.9 Å². The lowest BCUT2D eigenvalue weighted by Gasteiger charge is -2.19. The Balaban J connectivity index is 1.95. The van der Waals surface area contributed by atoms with Crippen LogP contribution in [0.1, 0.15) is 18.4 Å². The van der Waals surface area contributed by atoms with E-state index in [1.165, 1.54) is 23.9 Å². The van der Waals surface area contributed by atoms with Gasteiger partial charge < -0.3 is 15.2 Å². The summed E-state index contributed by atoms with van der Waals surface area (Å²) in [6.45, 7) is 0.327. The zero-order valence-electron chi connectivity index (χ0n) is 15.7. The van der Waals surface area contributed by atoms with E-state index >= 15 is 0 Å². The lowest BCUT2D eigenvalue weighted by molar-refractivity contribution is 0.304. The van der Waals surface area contributed by atoms with Crippen molar-refractivity contribution < 1.29 is 18.3 Å². The summed E-state index contributed by atoms with van der Waals surface area (Å²) in [6.07, 6.45) is 1.66. The van der Waals surface area contributed by atoms with Crippen LogP contribution in [0, 0.1) is 11.6 Å². The molecule has 1 aliphatic heterocycles. The Morgan fingerprint density at radius 3 is 2.76 bits per heavy atom. The number of ether oxygens (including phenoxy) is 2. The average molecular weight is 399 g/mol. The summed E-state index contributed by atoms with van der Waals surface area (Å²) < 4.78 is 41.2. The van der Waals surface area contributed by atoms with Crippen LogP contribution in [-0.4, -0.2) is 16.4 Å². The van der Waals surface area contributed by atoms with Crippen molar-refractivity contribution in [3.8, 4) is 28.5 Å². The van der Waals surface area contributed by atoms with Crippen LogP contribution >= 0.6 is 0 Å². The number of anilines is 1. The highest BCUT2D eigenvalue weighted by atomic mass is 19.1. The fourth-order valence-corrected chi connectivity index (χ4v) is 3.26. The maximum atomic E-state index is 14.6. The Hall–Kier alpha value is -3.42. The monoisotopic (exact) mass is 399 g/mol. The highest BCUT2D eigenvalue weighted by Gasteiger charge is 2.21. The minimum absolute atomic E-state index is 0.0368. The van der Waals surface area contributed by atoms with Gasteiger partial charge >= 0.3 is 0 Å². The molecule has 0 saturated heterocycles. The van der Waals surface area contributed by atoms with Crippen LogP contribution in [0.2, 0.25) is 0 Å². The molecule has 3 aromatic rings. The van der Waals surface area contributed by atoms with Crippen molar-refractivity contribution in [2.45, 2.75) is 19.3 Å². The highest BCUT2D eigenvalue weighted by molar-refractivity contribution is 5.75. The molecular formula is C21H19F2N3O3. The number of rotatable bonds is 0. The van der Waals surface area contributed by atoms with Crippen LogP contribution in [0.3, 0.4) is 0 Å². The molecule has 1 aromatic heterocycles. The third-order valence-electron chi connectivity index (χ3n) is 4.71. The SMILES string of the molecule is Cn1nc2c(cc1=O)OCCCCc1cc(F)cc(F)c1Oc1ccc(N)cc1-2. The second-order valence-electron chi connectivity index (χ2n) is 6.86. The second kappa shape index (κ2) is 7.54. The molecule has 0 spiro atoms. The van der Waals surface area contributed by atoms with Crippen molar-refractivity contribution in [1.29, 1.82) is 0 Å². The number of hydrogen-bond acceptors (Lipinski definition) is 5. The third kappa shape index (κ3) is 3.78. The topological polar surface area (TPSA) is 79.4 Å². The molecule has 8 heteroatoms. The average Bonchev–Trinajstić information content (AvgIpc) is 2.66. The van der Waals surface area contributed by atoms with E-state index in [-0.39, 0.29) is 17.1 Å². The molecule has 0 saturated carbocycles. The Morgan fingerprint density at radius 1 is 1.10 bits per heavy atom. The predicted octanol–water partition coefficient (Wildman–Crippen LogP) is 3.82. The van der Waals surface area contributed by atoms with Gasteiger partial charge in [-0.3, -0.25) is 4.79 Å². The fourth-order valence-electron chi connectivity index (χ4n) is 3.26. The number of fused-ring (bicyclic) bond motifs is 4. The number of benzene rings is 2. The molecule has 0 amide bonds. The fraction of sp³-hybridized carbons (Fsp3) is 0.238. The van der Waals surface area contributed by atoms with Crippen molar-refractivity contribution in [3.63, 3.8) is 0 Å². The summed E-state index contributed by atoms with van der Waals surface area (Å²) in [4.78, 5) is 12.1. The summed E-state index contributed by atoms with van der Waals surface area (Å²) in [7, 11) is 1.52. The minimum Gasteiger partial charge on any atom is -0.491 e. The van der Waals surface area contributed by atoms with Gasteiger partial charge in [0.2, 0.25) is 0 Å². The largest absolute Gasteiger partial charge is 0.491 e. The Bertz CT molecular complexity index is 1140. The Labute approximate surface area is 165 Å². The van der Waals surface area contributed by atoms with Crippen molar-refractivity contribution >= 4 is 5.69 Å². The van der Waals surface area contributed by atoms with Crippen LogP contribution in [0.5, 0.6) is 17.2 Å². The van der Waals surface area contributed by atoms with E-state index in [4.69, 9.17) is 15.2 Å². The summed E-state index contributed by atoms with van der Waals surface area (Å²) in [5.74, 6) is -0.922. The van der Waals surface area contributed by atoms with E-state index in [2.05, 4.69) is 5.10 Å². The number of hydrogen-bond donors (Lipinski definition) is 1. The van der Waals surface area contributed by atoms with Gasteiger partial charge in [0, 0.05) is 30.4 Å². The van der Waals surface area contributed by atoms with Gasteiger partial charge in [0.25, 0.3) is 5.56 Å². The lowest BCUT2D eigenvalue weighted by atomic mass is 10.1. The Kier molecular flexibility index (Phi) is 4.92. The third-order valence-corrected chi connectivity index (χ3v) is 4.71. The first-order chi connectivity index (χ1) is 13.9. The van der Waals surface area contributed by atoms with Crippen molar-refractivity contribution in [1.82, 2.24) is 9.78 Å². The lowest BCUT2D eigenvalue weighted by Crippen LogP contribution is -2.20. The predicted molar refractivity (Wildman–Crippen MR) is 104 cm³/mol. The van der Waals surface area contributed by atoms with Gasteiger partial charge in [-0.15, -0.1) is 0 Å². The van der Waals surface area contributed by atoms with E-state index in [0.29, 0.717) is 54.1 Å². The molecular weight excluding hydrogens is 380 g/mol. The second-order valence-corrected chi connectivity index (χ2v) is 6.86. The van der Waals surface area contributed by atoms with Gasteiger partial charge in [0.1, 0.15) is 17.3 Å². The number of halogens is 2. The number of nitrogens with two attached hydrogens (primary N) is 1. The number of aryl methyl sites for hydroxylation is 2. The first-order valence-electron chi connectivity index (χ1n) is 9.19. The molecule has 0 aliphatic carbocycles. The molecule has 2 heterocycles. The van der Waals surface area contributed by atoms with Crippen LogP contribution in [-0.2, 0) is 13.5 Å². The van der Waals surface area contributed by atoms with Gasteiger partial charge in [-0.1, -0.05) is 0 Å². The maximum Gasteiger partial charge on any atom is 0.270 e. The zero-order valence-corrected chi connectivity index (χ0v) is 15.7. The van der Waals surface area contributed by atoms with Crippen LogP contribution in [0.25, 0.3) is 11.3 Å². The van der Waals surface area contributed by atoms with E-state index in [1.807, 2.05) is 0 Å². The first-order valence-corrected chi connectivity index (χ1v) is 9.19. The number of aromatic nitrogens is 2. The summed E-state index contributed by atoms with van der Waals surface area (Å²) >= 11 is 0. The molecule has 150 valence electrons. The van der Waals surface area contributed by atoms with Gasteiger partial charge in [0.05, 0.1) is 12.2 Å². The zero-order chi connectivity index (χ0) is 20.5. The quantitative estimate of drug-likeness (QED) is 0.582. The molecule has 2 N–H and O–H groups in total. The molecule has 29 heavy (non-hydrogen) atoms. The molecule has 2 aromatic carbocycles. The molecule has 0 unspecified atom stereocenters. The van der Waals surface area contributed by atoms with Crippen molar-refractivity contribution in [2.24, 2.45) is 7.05 Å². The van der Waals surface area contributed by atoms with Crippen LogP contribution in [0.15, 0.2) is 41.2 Å². The normalized spacial score (nSPS) is 13.6. The maximum absolute atomic E-state index is 14.6. The molecule has 0 fully saturated rings. The van der Waals surface area contributed by atoms with Gasteiger partial charge in [-0.05, 0) is 43.5 Å². The Morgan fingerprint density at radius 2 is 1.93 bits per heavy atom. The van der Waals surface area contributed by atoms with Crippen LogP contribution in [0.4, 0.5) is 14.5 Å². The number of nitrogens with zero attached hydrogens (tertiary/aromatic N) is 2. The first kappa shape index (κ1) is 18.9. The highest BCUT2D eigenvalue weighted by Crippen LogP contribution is 2.40. The summed E-state index contributed by atoms with van der Waals surface area (Å²) in [5, 5.41) is 4.31. The standard InChI is InChI=1S/C21H19F2N3O3/c1-26-19(27)11-18-20(25-26)15-10-14(24)5-6-17(15)29-21-12(4-2-3-7-28-18)8-13(22)9-16(21)23/h5-6,8-11H,2-4,7,24H2,1H3. The molecule has 6 nitrogen and oxygen atoms in total. The molecule has 0 atom stereocenters. The van der Waals surface area contributed by atoms with Gasteiger partial charge in [0.15, 0.2) is 17.3 Å². The van der Waals surface area contributed by atoms with Crippen molar-refractivity contribution in [2.75, 3.05) is 12.3 Å². The minimum atomic E-state index is -0.787. The van der Waals surface area contributed by atoms with Gasteiger partial charge in [-0.2, -0.15) is 5.10 Å². The van der Waals surface area contributed by atoms with Gasteiger partial charge in [-0.25, -0.2) is 13.5 Å². The van der Waals surface area contributed by atoms with E-state index < -0.39 is 11.6 Å². The molecule has 4 rings (SSSR count). The van der Waals surface area contributed by atoms with Crippen LogP contribution < -0.4 is 20.8 Å². The molecule has 1 aliphatic rings. The number of nitrogen functional groups attached to an aromatic ring is 1. The molecule has 0 radical (unpaired) electrons. The smallest absolute Gasteiger partial charge is 0.270 e. The van der Waals surface area contributed by atoms with E-state index in [0.717, 1.165) is 6.07 Å². The molecule has 0 bridgehead atoms. The summed E-state index contributed by atoms with van der Waals surface area (Å²) in [5.41, 5.74) is 7.27. The van der Waals surface area contributed by atoms with E-state index in [1.54, 1.807) is 18.2 Å².